The predicted octanol–water partition coefficient (Wildman–Crippen LogP) is 1.08. The van der Waals surface area contributed by atoms with E-state index in [0.717, 1.165) is 18.9 Å². The summed E-state index contributed by atoms with van der Waals surface area (Å²) in [5.74, 6) is 4.24. The van der Waals surface area contributed by atoms with Crippen LogP contribution in [0.5, 0.6) is 0 Å². The molecule has 1 aromatic carbocycles. The molecule has 0 bridgehead atoms. The fraction of sp³-hybridized carbons (Fsp3) is 0.400. The van der Waals surface area contributed by atoms with Crippen molar-refractivity contribution in [2.24, 2.45) is 0 Å². The van der Waals surface area contributed by atoms with E-state index in [1.165, 1.54) is 12.1 Å². The summed E-state index contributed by atoms with van der Waals surface area (Å²) in [6.45, 7) is 0.868. The molecule has 4 nitrogen and oxygen atoms in total. The zero-order valence-corrected chi connectivity index (χ0v) is 11.0. The number of rotatable bonds is 2. The number of aliphatic hydroxyl groups excluding tert-OH is 1. The number of hydrogen-bond donors (Lipinski definition) is 2. The van der Waals surface area contributed by atoms with Gasteiger partial charge in [-0.15, -0.1) is 0 Å². The van der Waals surface area contributed by atoms with Crippen LogP contribution in [0.1, 0.15) is 28.8 Å². The van der Waals surface area contributed by atoms with E-state index in [1.54, 1.807) is 0 Å². The maximum atomic E-state index is 13.3. The predicted molar refractivity (Wildman–Crippen MR) is 71.7 cm³/mol. The van der Waals surface area contributed by atoms with Crippen LogP contribution in [0.4, 0.5) is 4.39 Å². The van der Waals surface area contributed by atoms with Crippen molar-refractivity contribution in [3.8, 4) is 11.8 Å². The number of carbonyl (C=O) groups is 1. The number of amides is 1. The van der Waals surface area contributed by atoms with E-state index in [1.807, 2.05) is 0 Å². The second kappa shape index (κ2) is 7.04. The van der Waals surface area contributed by atoms with E-state index >= 15 is 0 Å². The summed E-state index contributed by atoms with van der Waals surface area (Å²) in [7, 11) is 0. The Kier molecular flexibility index (Phi) is 5.10. The first-order chi connectivity index (χ1) is 9.70. The van der Waals surface area contributed by atoms with Gasteiger partial charge in [-0.1, -0.05) is 11.8 Å². The van der Waals surface area contributed by atoms with Crippen molar-refractivity contribution >= 4 is 5.91 Å². The molecule has 20 heavy (non-hydrogen) atoms. The van der Waals surface area contributed by atoms with Crippen molar-refractivity contribution in [1.82, 2.24) is 5.32 Å². The molecular formula is C15H16FNO3. The van der Waals surface area contributed by atoms with Crippen LogP contribution in [0.2, 0.25) is 0 Å². The number of ether oxygens (including phenoxy) is 1. The summed E-state index contributed by atoms with van der Waals surface area (Å²) in [4.78, 5) is 12.2. The van der Waals surface area contributed by atoms with E-state index in [2.05, 4.69) is 17.2 Å². The summed E-state index contributed by atoms with van der Waals surface area (Å²) in [6, 6.07) is 3.77. The molecule has 1 saturated heterocycles. The molecule has 0 spiro atoms. The topological polar surface area (TPSA) is 58.6 Å². The molecule has 0 aromatic heterocycles. The Bertz CT molecular complexity index is 542. The molecular weight excluding hydrogens is 261 g/mol. The van der Waals surface area contributed by atoms with Gasteiger partial charge < -0.3 is 15.2 Å². The highest BCUT2D eigenvalue weighted by Crippen LogP contribution is 2.12. The molecule has 1 unspecified atom stereocenters. The highest BCUT2D eigenvalue weighted by atomic mass is 19.1. The quantitative estimate of drug-likeness (QED) is 0.795. The fourth-order valence-electron chi connectivity index (χ4n) is 2.07. The van der Waals surface area contributed by atoms with Crippen LogP contribution in [0, 0.1) is 17.7 Å². The van der Waals surface area contributed by atoms with Gasteiger partial charge in [0.05, 0.1) is 18.2 Å². The summed E-state index contributed by atoms with van der Waals surface area (Å²) in [6.07, 6.45) is 1.74. The van der Waals surface area contributed by atoms with Gasteiger partial charge in [0, 0.05) is 12.2 Å². The number of hydrogen-bond acceptors (Lipinski definition) is 3. The molecule has 1 fully saturated rings. The van der Waals surface area contributed by atoms with Crippen LogP contribution in [-0.2, 0) is 4.74 Å². The number of aliphatic hydroxyl groups is 1. The first-order valence-electron chi connectivity index (χ1n) is 6.48. The Morgan fingerprint density at radius 1 is 1.55 bits per heavy atom. The van der Waals surface area contributed by atoms with Crippen molar-refractivity contribution in [2.45, 2.75) is 18.9 Å². The van der Waals surface area contributed by atoms with Gasteiger partial charge in [0.1, 0.15) is 12.4 Å². The Balaban J connectivity index is 2.16. The highest BCUT2D eigenvalue weighted by molar-refractivity contribution is 5.97. The SMILES string of the molecule is O=C(NC1CCCOC1)c1cc(F)ccc1C#CCO. The molecule has 0 aliphatic carbocycles. The average molecular weight is 277 g/mol. The van der Waals surface area contributed by atoms with Gasteiger partial charge in [-0.2, -0.15) is 0 Å². The number of benzene rings is 1. The smallest absolute Gasteiger partial charge is 0.252 e. The molecule has 1 atom stereocenters. The Morgan fingerprint density at radius 3 is 3.10 bits per heavy atom. The van der Waals surface area contributed by atoms with Gasteiger partial charge in [0.2, 0.25) is 0 Å². The van der Waals surface area contributed by atoms with E-state index in [4.69, 9.17) is 9.84 Å². The van der Waals surface area contributed by atoms with Crippen LogP contribution < -0.4 is 5.32 Å². The van der Waals surface area contributed by atoms with Crippen LogP contribution in [0.15, 0.2) is 18.2 Å². The Hall–Kier alpha value is -1.90. The molecule has 1 aliphatic heterocycles. The van der Waals surface area contributed by atoms with Crippen LogP contribution in [-0.4, -0.2) is 36.9 Å². The monoisotopic (exact) mass is 277 g/mol. The highest BCUT2D eigenvalue weighted by Gasteiger charge is 2.19. The lowest BCUT2D eigenvalue weighted by Gasteiger charge is -2.23. The van der Waals surface area contributed by atoms with Gasteiger partial charge in [0.15, 0.2) is 0 Å². The largest absolute Gasteiger partial charge is 0.384 e. The van der Waals surface area contributed by atoms with Gasteiger partial charge in [0.25, 0.3) is 5.91 Å². The number of halogens is 1. The molecule has 1 aromatic rings. The van der Waals surface area contributed by atoms with Gasteiger partial charge in [-0.3, -0.25) is 4.79 Å². The molecule has 0 saturated carbocycles. The summed E-state index contributed by atoms with van der Waals surface area (Å²) in [5, 5.41) is 11.5. The van der Waals surface area contributed by atoms with Crippen molar-refractivity contribution in [3.63, 3.8) is 0 Å². The minimum absolute atomic E-state index is 0.0573. The van der Waals surface area contributed by atoms with Crippen LogP contribution in [0.25, 0.3) is 0 Å². The number of nitrogens with one attached hydrogen (secondary N) is 1. The second-order valence-electron chi connectivity index (χ2n) is 4.54. The summed E-state index contributed by atoms with van der Waals surface area (Å²) >= 11 is 0. The van der Waals surface area contributed by atoms with E-state index in [9.17, 15) is 9.18 Å². The molecule has 2 rings (SSSR count). The average Bonchev–Trinajstić information content (AvgIpc) is 2.47. The normalized spacial score (nSPS) is 18.0. The fourth-order valence-corrected chi connectivity index (χ4v) is 2.07. The van der Waals surface area contributed by atoms with Gasteiger partial charge in [-0.05, 0) is 31.0 Å². The third-order valence-electron chi connectivity index (χ3n) is 3.02. The molecule has 1 amide bonds. The maximum absolute atomic E-state index is 13.3. The zero-order chi connectivity index (χ0) is 14.4. The summed E-state index contributed by atoms with van der Waals surface area (Å²) < 4.78 is 18.6. The van der Waals surface area contributed by atoms with Crippen molar-refractivity contribution in [3.05, 3.63) is 35.1 Å². The minimum Gasteiger partial charge on any atom is -0.384 e. The minimum atomic E-state index is -0.496. The van der Waals surface area contributed by atoms with E-state index in [0.29, 0.717) is 18.8 Å². The first kappa shape index (κ1) is 14.5. The van der Waals surface area contributed by atoms with Crippen molar-refractivity contribution < 1.29 is 19.0 Å². The van der Waals surface area contributed by atoms with Gasteiger partial charge in [-0.25, -0.2) is 4.39 Å². The standard InChI is InChI=1S/C15H16FNO3/c16-12-6-5-11(3-1-7-18)14(9-12)15(19)17-13-4-2-8-20-10-13/h5-6,9,13,18H,2,4,7-8,10H2,(H,17,19). The third kappa shape index (κ3) is 3.80. The molecule has 0 radical (unpaired) electrons. The van der Waals surface area contributed by atoms with Crippen molar-refractivity contribution in [1.29, 1.82) is 0 Å². The molecule has 1 heterocycles. The maximum Gasteiger partial charge on any atom is 0.252 e. The zero-order valence-electron chi connectivity index (χ0n) is 11.0. The number of carbonyl (C=O) groups excluding carboxylic acids is 1. The lowest BCUT2D eigenvalue weighted by molar-refractivity contribution is 0.0624. The molecule has 106 valence electrons. The van der Waals surface area contributed by atoms with Crippen molar-refractivity contribution in [2.75, 3.05) is 19.8 Å². The van der Waals surface area contributed by atoms with E-state index in [-0.39, 0.29) is 24.1 Å². The van der Waals surface area contributed by atoms with E-state index < -0.39 is 5.82 Å². The first-order valence-corrected chi connectivity index (χ1v) is 6.48. The molecule has 2 N–H and O–H groups in total. The summed E-state index contributed by atoms with van der Waals surface area (Å²) in [5.41, 5.74) is 0.575. The second-order valence-corrected chi connectivity index (χ2v) is 4.54. The van der Waals surface area contributed by atoms with Gasteiger partial charge >= 0.3 is 0 Å². The Morgan fingerprint density at radius 2 is 2.40 bits per heavy atom. The molecule has 5 heteroatoms. The van der Waals surface area contributed by atoms with Crippen LogP contribution in [0.3, 0.4) is 0 Å². The lowest BCUT2D eigenvalue weighted by atomic mass is 10.1. The molecule has 1 aliphatic rings. The van der Waals surface area contributed by atoms with Crippen LogP contribution >= 0.6 is 0 Å². The lowest BCUT2D eigenvalue weighted by Crippen LogP contribution is -2.40. The third-order valence-corrected chi connectivity index (χ3v) is 3.02. The Labute approximate surface area is 116 Å².